The average molecular weight is 296 g/mol. The molecular weight excluding hydrogens is 280 g/mol. The van der Waals surface area contributed by atoms with Crippen molar-refractivity contribution in [2.24, 2.45) is 0 Å². The van der Waals surface area contributed by atoms with E-state index in [1.807, 2.05) is 30.4 Å². The zero-order chi connectivity index (χ0) is 15.9. The standard InChI is InChI=1S/C18H16O4/c1-21-17(19)15-10-8-13(9-11-15)6-7-14-4-3-5-16(12-14)18(20)22-2/h3-12H,1-2H3/b7-6+. The number of carbonyl (C=O) groups excluding carboxylic acids is 2. The molecule has 0 aliphatic carbocycles. The van der Waals surface area contributed by atoms with Crippen LogP contribution in [0, 0.1) is 0 Å². The minimum atomic E-state index is -0.363. The van der Waals surface area contributed by atoms with Gasteiger partial charge >= 0.3 is 11.9 Å². The molecule has 22 heavy (non-hydrogen) atoms. The normalized spacial score (nSPS) is 10.5. The second kappa shape index (κ2) is 7.22. The first-order valence-corrected chi connectivity index (χ1v) is 6.69. The maximum atomic E-state index is 11.5. The smallest absolute Gasteiger partial charge is 0.337 e. The zero-order valence-electron chi connectivity index (χ0n) is 12.4. The molecule has 0 fully saturated rings. The Hall–Kier alpha value is -2.88. The van der Waals surface area contributed by atoms with Crippen molar-refractivity contribution in [2.75, 3.05) is 14.2 Å². The number of esters is 2. The van der Waals surface area contributed by atoms with E-state index in [9.17, 15) is 9.59 Å². The lowest BCUT2D eigenvalue weighted by atomic mass is 10.1. The fraction of sp³-hybridized carbons (Fsp3) is 0.111. The van der Waals surface area contributed by atoms with Gasteiger partial charge in [-0.1, -0.05) is 36.4 Å². The van der Waals surface area contributed by atoms with Gasteiger partial charge in [0.2, 0.25) is 0 Å². The molecule has 0 atom stereocenters. The number of carbonyl (C=O) groups is 2. The van der Waals surface area contributed by atoms with Gasteiger partial charge in [0.15, 0.2) is 0 Å². The topological polar surface area (TPSA) is 52.6 Å². The molecule has 2 aromatic rings. The van der Waals surface area contributed by atoms with E-state index in [-0.39, 0.29) is 11.9 Å². The average Bonchev–Trinajstić information content (AvgIpc) is 2.59. The summed E-state index contributed by atoms with van der Waals surface area (Å²) >= 11 is 0. The molecule has 0 aliphatic rings. The summed E-state index contributed by atoms with van der Waals surface area (Å²) in [5.41, 5.74) is 2.84. The molecule has 2 rings (SSSR count). The predicted molar refractivity (Wildman–Crippen MR) is 84.5 cm³/mol. The molecule has 2 aromatic carbocycles. The van der Waals surface area contributed by atoms with Crippen molar-refractivity contribution < 1.29 is 19.1 Å². The van der Waals surface area contributed by atoms with Gasteiger partial charge in [-0.05, 0) is 35.4 Å². The van der Waals surface area contributed by atoms with Crippen LogP contribution in [0.3, 0.4) is 0 Å². The summed E-state index contributed by atoms with van der Waals surface area (Å²) in [5, 5.41) is 0. The van der Waals surface area contributed by atoms with Gasteiger partial charge in [-0.2, -0.15) is 0 Å². The Bertz CT molecular complexity index is 699. The molecule has 4 nitrogen and oxygen atoms in total. The van der Waals surface area contributed by atoms with E-state index in [4.69, 9.17) is 4.74 Å². The van der Waals surface area contributed by atoms with Gasteiger partial charge in [-0.25, -0.2) is 9.59 Å². The van der Waals surface area contributed by atoms with Crippen molar-refractivity contribution in [3.63, 3.8) is 0 Å². The lowest BCUT2D eigenvalue weighted by Crippen LogP contribution is -2.00. The Morgan fingerprint density at radius 2 is 1.36 bits per heavy atom. The van der Waals surface area contributed by atoms with Gasteiger partial charge in [0.05, 0.1) is 25.3 Å². The molecule has 0 amide bonds. The molecule has 0 heterocycles. The molecule has 0 N–H and O–H groups in total. The summed E-state index contributed by atoms with van der Waals surface area (Å²) in [4.78, 5) is 22.8. The first kappa shape index (κ1) is 15.5. The molecule has 0 saturated heterocycles. The van der Waals surface area contributed by atoms with Crippen LogP contribution in [0.15, 0.2) is 48.5 Å². The van der Waals surface area contributed by atoms with E-state index in [1.165, 1.54) is 14.2 Å². The second-order valence-corrected chi connectivity index (χ2v) is 4.56. The number of hydrogen-bond donors (Lipinski definition) is 0. The van der Waals surface area contributed by atoms with Gasteiger partial charge < -0.3 is 9.47 Å². The minimum Gasteiger partial charge on any atom is -0.465 e. The van der Waals surface area contributed by atoms with Crippen molar-refractivity contribution in [3.05, 3.63) is 70.8 Å². The van der Waals surface area contributed by atoms with Crippen LogP contribution in [-0.2, 0) is 9.47 Å². The fourth-order valence-electron chi connectivity index (χ4n) is 1.93. The van der Waals surface area contributed by atoms with Gasteiger partial charge in [0.1, 0.15) is 0 Å². The molecule has 0 aromatic heterocycles. The summed E-state index contributed by atoms with van der Waals surface area (Å²) in [6.07, 6.45) is 3.79. The third-order valence-electron chi connectivity index (χ3n) is 3.11. The molecule has 0 spiro atoms. The molecule has 0 radical (unpaired) electrons. The lowest BCUT2D eigenvalue weighted by molar-refractivity contribution is 0.0592. The van der Waals surface area contributed by atoms with E-state index >= 15 is 0 Å². The highest BCUT2D eigenvalue weighted by Crippen LogP contribution is 2.12. The number of benzene rings is 2. The van der Waals surface area contributed by atoms with Crippen LogP contribution < -0.4 is 0 Å². The summed E-state index contributed by atoms with van der Waals surface area (Å²) in [7, 11) is 2.71. The monoisotopic (exact) mass is 296 g/mol. The van der Waals surface area contributed by atoms with Crippen LogP contribution in [-0.4, -0.2) is 26.2 Å². The van der Waals surface area contributed by atoms with Gasteiger partial charge in [0.25, 0.3) is 0 Å². The largest absolute Gasteiger partial charge is 0.465 e. The highest BCUT2D eigenvalue weighted by atomic mass is 16.5. The molecule has 0 aliphatic heterocycles. The van der Waals surface area contributed by atoms with Crippen LogP contribution in [0.2, 0.25) is 0 Å². The van der Waals surface area contributed by atoms with Crippen molar-refractivity contribution in [1.29, 1.82) is 0 Å². The molecule has 0 bridgehead atoms. The quantitative estimate of drug-likeness (QED) is 0.640. The number of ether oxygens (including phenoxy) is 2. The second-order valence-electron chi connectivity index (χ2n) is 4.56. The number of hydrogen-bond acceptors (Lipinski definition) is 4. The Morgan fingerprint density at radius 1 is 0.773 bits per heavy atom. The highest BCUT2D eigenvalue weighted by molar-refractivity contribution is 5.91. The number of rotatable bonds is 4. The Labute approximate surface area is 129 Å². The Kier molecular flexibility index (Phi) is 5.09. The lowest BCUT2D eigenvalue weighted by Gasteiger charge is -2.01. The Morgan fingerprint density at radius 3 is 2.00 bits per heavy atom. The maximum absolute atomic E-state index is 11.5. The third kappa shape index (κ3) is 3.82. The SMILES string of the molecule is COC(=O)c1ccc(/C=C/c2cccc(C(=O)OC)c2)cc1. The van der Waals surface area contributed by atoms with Crippen molar-refractivity contribution in [1.82, 2.24) is 0 Å². The third-order valence-corrected chi connectivity index (χ3v) is 3.11. The summed E-state index contributed by atoms with van der Waals surface area (Å²) in [6, 6.07) is 14.2. The first-order chi connectivity index (χ1) is 10.6. The summed E-state index contributed by atoms with van der Waals surface area (Å²) < 4.78 is 9.34. The summed E-state index contributed by atoms with van der Waals surface area (Å²) in [5.74, 6) is -0.723. The molecular formula is C18H16O4. The van der Waals surface area contributed by atoms with E-state index < -0.39 is 0 Å². The van der Waals surface area contributed by atoms with Gasteiger partial charge in [-0.3, -0.25) is 0 Å². The zero-order valence-corrected chi connectivity index (χ0v) is 12.4. The van der Waals surface area contributed by atoms with Crippen LogP contribution in [0.5, 0.6) is 0 Å². The van der Waals surface area contributed by atoms with E-state index in [0.29, 0.717) is 11.1 Å². The predicted octanol–water partition coefficient (Wildman–Crippen LogP) is 3.43. The van der Waals surface area contributed by atoms with Crippen molar-refractivity contribution >= 4 is 24.1 Å². The molecule has 0 unspecified atom stereocenters. The van der Waals surface area contributed by atoms with Gasteiger partial charge in [-0.15, -0.1) is 0 Å². The van der Waals surface area contributed by atoms with Crippen LogP contribution in [0.4, 0.5) is 0 Å². The van der Waals surface area contributed by atoms with Crippen molar-refractivity contribution in [3.8, 4) is 0 Å². The minimum absolute atomic E-state index is 0.360. The maximum Gasteiger partial charge on any atom is 0.337 e. The van der Waals surface area contributed by atoms with E-state index in [1.54, 1.807) is 30.3 Å². The van der Waals surface area contributed by atoms with Crippen molar-refractivity contribution in [2.45, 2.75) is 0 Å². The molecule has 0 saturated carbocycles. The van der Waals surface area contributed by atoms with Crippen LogP contribution >= 0.6 is 0 Å². The Balaban J connectivity index is 2.15. The van der Waals surface area contributed by atoms with Crippen LogP contribution in [0.25, 0.3) is 12.2 Å². The first-order valence-electron chi connectivity index (χ1n) is 6.69. The summed E-state index contributed by atoms with van der Waals surface area (Å²) in [6.45, 7) is 0. The molecule has 4 heteroatoms. The van der Waals surface area contributed by atoms with E-state index in [0.717, 1.165) is 11.1 Å². The van der Waals surface area contributed by atoms with E-state index in [2.05, 4.69) is 4.74 Å². The van der Waals surface area contributed by atoms with Crippen LogP contribution in [0.1, 0.15) is 31.8 Å². The highest BCUT2D eigenvalue weighted by Gasteiger charge is 2.05. The number of methoxy groups -OCH3 is 2. The van der Waals surface area contributed by atoms with Gasteiger partial charge in [0, 0.05) is 0 Å². The fourth-order valence-corrected chi connectivity index (χ4v) is 1.93. The molecule has 112 valence electrons.